The lowest BCUT2D eigenvalue weighted by Gasteiger charge is -2.18. The van der Waals surface area contributed by atoms with Gasteiger partial charge in [-0.05, 0) is 49.1 Å². The van der Waals surface area contributed by atoms with Crippen LogP contribution in [0.15, 0.2) is 46.4 Å². The Morgan fingerprint density at radius 1 is 1.37 bits per heavy atom. The Morgan fingerprint density at radius 2 is 2.20 bits per heavy atom. The minimum absolute atomic E-state index is 0.223. The van der Waals surface area contributed by atoms with Gasteiger partial charge in [0.15, 0.2) is 5.17 Å². The first-order valence-electron chi connectivity index (χ1n) is 9.33. The van der Waals surface area contributed by atoms with Crippen LogP contribution in [0.2, 0.25) is 5.02 Å². The van der Waals surface area contributed by atoms with E-state index < -0.39 is 0 Å². The van der Waals surface area contributed by atoms with Crippen LogP contribution in [0.4, 0.5) is 5.69 Å². The first-order chi connectivity index (χ1) is 14.5. The molecule has 158 valence electrons. The number of benzene rings is 1. The smallest absolute Gasteiger partial charge is 0.305 e. The minimum atomic E-state index is -0.225. The van der Waals surface area contributed by atoms with Gasteiger partial charge in [-0.2, -0.15) is 0 Å². The molecule has 0 saturated heterocycles. The third-order valence-electron chi connectivity index (χ3n) is 4.11. The summed E-state index contributed by atoms with van der Waals surface area (Å²) in [5, 5.41) is 2.90. The van der Waals surface area contributed by atoms with E-state index >= 15 is 0 Å². The second-order valence-corrected chi connectivity index (χ2v) is 8.60. The molecule has 0 spiro atoms. The van der Waals surface area contributed by atoms with E-state index in [-0.39, 0.29) is 11.9 Å². The third kappa shape index (κ3) is 5.44. The van der Waals surface area contributed by atoms with E-state index in [1.807, 2.05) is 17.5 Å². The van der Waals surface area contributed by atoms with Gasteiger partial charge in [0.2, 0.25) is 0 Å². The number of ether oxygens (including phenoxy) is 2. The summed E-state index contributed by atoms with van der Waals surface area (Å²) in [6, 6.07) is 9.02. The van der Waals surface area contributed by atoms with Crippen molar-refractivity contribution in [3.63, 3.8) is 0 Å². The third-order valence-corrected chi connectivity index (χ3v) is 6.25. The van der Waals surface area contributed by atoms with Crippen molar-refractivity contribution in [1.82, 2.24) is 0 Å². The van der Waals surface area contributed by atoms with Crippen molar-refractivity contribution in [3.05, 3.63) is 51.3 Å². The normalized spacial score (nSPS) is 14.9. The molecule has 6 nitrogen and oxygen atoms in total. The number of amidine groups is 1. The predicted octanol–water partition coefficient (Wildman–Crippen LogP) is 5.23. The largest absolute Gasteiger partial charge is 0.495 e. The van der Waals surface area contributed by atoms with Gasteiger partial charge in [0, 0.05) is 17.1 Å². The van der Waals surface area contributed by atoms with E-state index in [4.69, 9.17) is 21.1 Å². The number of thiophene rings is 1. The summed E-state index contributed by atoms with van der Waals surface area (Å²) in [6.07, 6.45) is 2.73. The predicted molar refractivity (Wildman–Crippen MR) is 124 cm³/mol. The highest BCUT2D eigenvalue weighted by molar-refractivity contribution is 8.14. The summed E-state index contributed by atoms with van der Waals surface area (Å²) in [6.45, 7) is 2.15. The molecule has 9 heteroatoms. The van der Waals surface area contributed by atoms with Crippen molar-refractivity contribution in [2.75, 3.05) is 24.4 Å². The van der Waals surface area contributed by atoms with Crippen LogP contribution in [0.25, 0.3) is 6.08 Å². The summed E-state index contributed by atoms with van der Waals surface area (Å²) < 4.78 is 10.2. The summed E-state index contributed by atoms with van der Waals surface area (Å²) in [7, 11) is 1.54. The fourth-order valence-electron chi connectivity index (χ4n) is 2.74. The van der Waals surface area contributed by atoms with Crippen LogP contribution < -0.4 is 9.64 Å². The van der Waals surface area contributed by atoms with E-state index in [1.54, 1.807) is 36.1 Å². The van der Waals surface area contributed by atoms with Gasteiger partial charge < -0.3 is 9.47 Å². The topological polar surface area (TPSA) is 68.2 Å². The zero-order valence-electron chi connectivity index (χ0n) is 16.6. The number of hydrogen-bond acceptors (Lipinski definition) is 7. The number of hydrogen-bond donors (Lipinski definition) is 0. The van der Waals surface area contributed by atoms with Gasteiger partial charge in [0.1, 0.15) is 11.4 Å². The van der Waals surface area contributed by atoms with E-state index in [9.17, 15) is 9.59 Å². The number of nitrogens with zero attached hydrogens (tertiary/aromatic N) is 2. The summed E-state index contributed by atoms with van der Waals surface area (Å²) in [4.78, 5) is 31.7. The first kappa shape index (κ1) is 22.4. The molecule has 3 rings (SSSR count). The van der Waals surface area contributed by atoms with Crippen LogP contribution >= 0.6 is 34.7 Å². The molecule has 1 aliphatic rings. The molecule has 0 N–H and O–H groups in total. The molecule has 2 heterocycles. The van der Waals surface area contributed by atoms with Crippen LogP contribution in [0.3, 0.4) is 0 Å². The first-order valence-corrected chi connectivity index (χ1v) is 11.6. The Labute approximate surface area is 188 Å². The molecule has 2 aromatic rings. The van der Waals surface area contributed by atoms with Crippen LogP contribution in [0.5, 0.6) is 5.75 Å². The molecule has 0 atom stereocenters. The van der Waals surface area contributed by atoms with E-state index in [1.165, 1.54) is 30.2 Å². The zero-order valence-corrected chi connectivity index (χ0v) is 19.0. The average Bonchev–Trinajstić information content (AvgIpc) is 3.34. The maximum atomic E-state index is 13.1. The van der Waals surface area contributed by atoms with Crippen LogP contribution in [0, 0.1) is 0 Å². The molecular weight excluding hydrogens is 444 g/mol. The van der Waals surface area contributed by atoms with E-state index in [0.717, 1.165) is 4.88 Å². The van der Waals surface area contributed by atoms with Gasteiger partial charge in [0.05, 0.1) is 24.4 Å². The van der Waals surface area contributed by atoms with Crippen molar-refractivity contribution >= 4 is 63.5 Å². The fraction of sp³-hybridized carbons (Fsp3) is 0.286. The fourth-order valence-corrected chi connectivity index (χ4v) is 4.59. The Balaban J connectivity index is 1.81. The molecule has 0 aliphatic carbocycles. The molecule has 0 bridgehead atoms. The minimum Gasteiger partial charge on any atom is -0.495 e. The number of halogens is 1. The van der Waals surface area contributed by atoms with E-state index in [2.05, 4.69) is 4.99 Å². The molecule has 30 heavy (non-hydrogen) atoms. The lowest BCUT2D eigenvalue weighted by Crippen LogP contribution is -2.30. The number of methoxy groups -OCH3 is 1. The average molecular weight is 465 g/mol. The number of amides is 1. The summed E-state index contributed by atoms with van der Waals surface area (Å²) in [5.41, 5.74) is 0.967. The number of thioether (sulfide) groups is 1. The summed E-state index contributed by atoms with van der Waals surface area (Å²) >= 11 is 9.23. The quantitative estimate of drug-likeness (QED) is 0.304. The molecule has 1 aromatic carbocycles. The maximum Gasteiger partial charge on any atom is 0.305 e. The van der Waals surface area contributed by atoms with Crippen molar-refractivity contribution < 1.29 is 19.1 Å². The molecule has 0 radical (unpaired) electrons. The van der Waals surface area contributed by atoms with E-state index in [0.29, 0.717) is 52.5 Å². The van der Waals surface area contributed by atoms with Gasteiger partial charge >= 0.3 is 5.97 Å². The standard InChI is InChI=1S/C21H21ClN2O4S2/c1-3-28-19(25)7-5-11-30-21-23-17(13-15-6-4-10-29-15)20(26)24(21)14-8-9-18(27-2)16(22)12-14/h4,6,8-10,12-13H,3,5,7,11H2,1-2H3/b17-13-. The Morgan fingerprint density at radius 3 is 2.87 bits per heavy atom. The van der Waals surface area contributed by atoms with Crippen LogP contribution in [-0.4, -0.2) is 36.5 Å². The maximum absolute atomic E-state index is 13.1. The number of carbonyl (C=O) groups excluding carboxylic acids is 2. The summed E-state index contributed by atoms with van der Waals surface area (Å²) in [5.74, 6) is 0.705. The second-order valence-electron chi connectivity index (χ2n) is 6.16. The van der Waals surface area contributed by atoms with Crippen molar-refractivity contribution in [1.29, 1.82) is 0 Å². The molecule has 0 saturated carbocycles. The molecule has 0 fully saturated rings. The van der Waals surface area contributed by atoms with Gasteiger partial charge in [0.25, 0.3) is 5.91 Å². The molecular formula is C21H21ClN2O4S2. The SMILES string of the molecule is CCOC(=O)CCCSC1=N/C(=C\c2cccs2)C(=O)N1c1ccc(OC)c(Cl)c1. The zero-order chi connectivity index (χ0) is 21.5. The number of rotatable bonds is 8. The monoisotopic (exact) mass is 464 g/mol. The molecule has 1 amide bonds. The lowest BCUT2D eigenvalue weighted by atomic mass is 10.2. The van der Waals surface area contributed by atoms with Crippen molar-refractivity contribution in [2.24, 2.45) is 4.99 Å². The number of anilines is 1. The molecule has 1 aromatic heterocycles. The molecule has 0 unspecified atom stereocenters. The van der Waals surface area contributed by atoms with Gasteiger partial charge in [-0.15, -0.1) is 11.3 Å². The lowest BCUT2D eigenvalue weighted by molar-refractivity contribution is -0.143. The Hall–Kier alpha value is -2.29. The number of aliphatic imine (C=N–C) groups is 1. The van der Waals surface area contributed by atoms with Crippen molar-refractivity contribution in [3.8, 4) is 5.75 Å². The van der Waals surface area contributed by atoms with Crippen molar-refractivity contribution in [2.45, 2.75) is 19.8 Å². The Bertz CT molecular complexity index is 973. The highest BCUT2D eigenvalue weighted by Crippen LogP contribution is 2.34. The highest BCUT2D eigenvalue weighted by atomic mass is 35.5. The van der Waals surface area contributed by atoms with Crippen LogP contribution in [-0.2, 0) is 14.3 Å². The number of esters is 1. The molecule has 1 aliphatic heterocycles. The Kier molecular flexibility index (Phi) is 7.95. The highest BCUT2D eigenvalue weighted by Gasteiger charge is 2.32. The van der Waals surface area contributed by atoms with Gasteiger partial charge in [-0.25, -0.2) is 4.99 Å². The number of carbonyl (C=O) groups is 2. The van der Waals surface area contributed by atoms with Gasteiger partial charge in [-0.3, -0.25) is 14.5 Å². The second kappa shape index (κ2) is 10.7. The van der Waals surface area contributed by atoms with Gasteiger partial charge in [-0.1, -0.05) is 29.4 Å². The van der Waals surface area contributed by atoms with Crippen LogP contribution in [0.1, 0.15) is 24.6 Å².